The predicted octanol–water partition coefficient (Wildman–Crippen LogP) is 3.43. The second-order valence-corrected chi connectivity index (χ2v) is 9.74. The minimum absolute atomic E-state index is 0.305. The predicted molar refractivity (Wildman–Crippen MR) is 123 cm³/mol. The number of aliphatic hydroxyl groups excluding tert-OH is 1. The van der Waals surface area contributed by atoms with Gasteiger partial charge < -0.3 is 15.0 Å². The van der Waals surface area contributed by atoms with Crippen LogP contribution in [0.25, 0.3) is 10.9 Å². The summed E-state index contributed by atoms with van der Waals surface area (Å²) in [7, 11) is 0. The highest BCUT2D eigenvalue weighted by molar-refractivity contribution is 5.87. The molecule has 1 saturated heterocycles. The van der Waals surface area contributed by atoms with Crippen molar-refractivity contribution in [2.75, 3.05) is 39.4 Å². The Hall–Kier alpha value is -1.40. The summed E-state index contributed by atoms with van der Waals surface area (Å²) in [6, 6.07) is 7.41. The van der Waals surface area contributed by atoms with Crippen molar-refractivity contribution in [3.63, 3.8) is 0 Å². The quantitative estimate of drug-likeness (QED) is 0.766. The summed E-state index contributed by atoms with van der Waals surface area (Å²) < 4.78 is 2.58. The monoisotopic (exact) mass is 410 g/mol. The fraction of sp³-hybridized carbons (Fsp3) is 0.680. The Kier molecular flexibility index (Phi) is 6.15. The molecule has 5 nitrogen and oxygen atoms in total. The largest absolute Gasteiger partial charge is 0.390 e. The molecule has 0 unspecified atom stereocenters. The molecule has 0 saturated carbocycles. The third-order valence-electron chi connectivity index (χ3n) is 7.50. The van der Waals surface area contributed by atoms with Crippen molar-refractivity contribution < 1.29 is 5.11 Å². The van der Waals surface area contributed by atoms with Gasteiger partial charge >= 0.3 is 0 Å². The van der Waals surface area contributed by atoms with Crippen LogP contribution in [0.15, 0.2) is 18.2 Å². The van der Waals surface area contributed by atoms with E-state index in [1.165, 1.54) is 80.2 Å². The Bertz CT molecular complexity index is 868. The lowest BCUT2D eigenvalue weighted by Crippen LogP contribution is -2.46. The van der Waals surface area contributed by atoms with Crippen LogP contribution in [-0.4, -0.2) is 65.0 Å². The van der Waals surface area contributed by atoms with Crippen LogP contribution in [0.4, 0.5) is 0 Å². The number of nitrogens with zero attached hydrogens (tertiary/aromatic N) is 3. The molecule has 0 spiro atoms. The number of aryl methyl sites for hydroxylation is 2. The number of rotatable bonds is 6. The zero-order valence-electron chi connectivity index (χ0n) is 18.6. The first-order valence-electron chi connectivity index (χ1n) is 12.2. The van der Waals surface area contributed by atoms with E-state index in [0.717, 1.165) is 26.3 Å². The molecule has 5 heteroatoms. The maximum atomic E-state index is 10.8. The van der Waals surface area contributed by atoms with Crippen LogP contribution in [0.3, 0.4) is 0 Å². The highest BCUT2D eigenvalue weighted by atomic mass is 16.3. The summed E-state index contributed by atoms with van der Waals surface area (Å²) in [5, 5.41) is 15.8. The molecule has 3 heterocycles. The molecule has 5 rings (SSSR count). The number of fused-ring (bicyclic) bond motifs is 3. The summed E-state index contributed by atoms with van der Waals surface area (Å²) >= 11 is 0. The van der Waals surface area contributed by atoms with Gasteiger partial charge in [0.2, 0.25) is 0 Å². The Morgan fingerprint density at radius 2 is 1.90 bits per heavy atom. The van der Waals surface area contributed by atoms with Crippen LogP contribution in [0.5, 0.6) is 0 Å². The number of nitrogens with one attached hydrogen (secondary N) is 1. The maximum Gasteiger partial charge on any atom is 0.0791 e. The highest BCUT2D eigenvalue weighted by Gasteiger charge is 2.35. The SMILES string of the molecule is Cc1ccc2c(c1)c1c3n2CCN(C[C@H](O)CNCN2CCCCCC2)[C@@H]3CCC1. The summed E-state index contributed by atoms with van der Waals surface area (Å²) in [6.07, 6.45) is 8.74. The lowest BCUT2D eigenvalue weighted by atomic mass is 9.89. The molecular weight excluding hydrogens is 372 g/mol. The minimum Gasteiger partial charge on any atom is -0.390 e. The molecule has 2 aliphatic heterocycles. The highest BCUT2D eigenvalue weighted by Crippen LogP contribution is 2.42. The van der Waals surface area contributed by atoms with E-state index in [1.807, 2.05) is 0 Å². The number of hydrogen-bond acceptors (Lipinski definition) is 4. The maximum absolute atomic E-state index is 10.8. The Morgan fingerprint density at radius 1 is 1.07 bits per heavy atom. The van der Waals surface area contributed by atoms with Crippen molar-refractivity contribution in [1.29, 1.82) is 0 Å². The number of aliphatic hydroxyl groups is 1. The zero-order chi connectivity index (χ0) is 20.5. The first kappa shape index (κ1) is 20.5. The van der Waals surface area contributed by atoms with E-state index in [4.69, 9.17) is 0 Å². The average molecular weight is 411 g/mol. The molecule has 0 amide bonds. The van der Waals surface area contributed by atoms with Crippen LogP contribution in [0.2, 0.25) is 0 Å². The molecule has 3 aliphatic rings. The van der Waals surface area contributed by atoms with Gasteiger partial charge in [-0.3, -0.25) is 9.80 Å². The molecule has 1 aromatic heterocycles. The molecule has 2 atom stereocenters. The molecule has 2 N–H and O–H groups in total. The van der Waals surface area contributed by atoms with Crippen LogP contribution in [0, 0.1) is 6.92 Å². The van der Waals surface area contributed by atoms with Crippen LogP contribution >= 0.6 is 0 Å². The number of benzene rings is 1. The van der Waals surface area contributed by atoms with E-state index < -0.39 is 0 Å². The van der Waals surface area contributed by atoms with E-state index in [2.05, 4.69) is 44.8 Å². The van der Waals surface area contributed by atoms with Gasteiger partial charge in [0, 0.05) is 49.4 Å². The van der Waals surface area contributed by atoms with Crippen molar-refractivity contribution in [1.82, 2.24) is 19.7 Å². The van der Waals surface area contributed by atoms with E-state index in [-0.39, 0.29) is 6.10 Å². The Morgan fingerprint density at radius 3 is 2.73 bits per heavy atom. The number of β-amino-alcohol motifs (C(OH)–C–C–N with tert-alkyl or cyclic N) is 1. The topological polar surface area (TPSA) is 43.7 Å². The van der Waals surface area contributed by atoms with Gasteiger partial charge in [0.05, 0.1) is 12.1 Å². The van der Waals surface area contributed by atoms with Gasteiger partial charge in [0.15, 0.2) is 0 Å². The summed E-state index contributed by atoms with van der Waals surface area (Å²) in [4.78, 5) is 5.07. The Balaban J connectivity index is 1.23. The first-order chi connectivity index (χ1) is 14.7. The van der Waals surface area contributed by atoms with Crippen molar-refractivity contribution in [3.05, 3.63) is 35.0 Å². The summed E-state index contributed by atoms with van der Waals surface area (Å²) in [5.41, 5.74) is 5.88. The molecule has 30 heavy (non-hydrogen) atoms. The fourth-order valence-corrected chi connectivity index (χ4v) is 6.03. The van der Waals surface area contributed by atoms with Crippen molar-refractivity contribution in [2.45, 2.75) is 70.6 Å². The van der Waals surface area contributed by atoms with Gasteiger partial charge in [-0.15, -0.1) is 0 Å². The van der Waals surface area contributed by atoms with Crippen LogP contribution < -0.4 is 5.32 Å². The lowest BCUT2D eigenvalue weighted by molar-refractivity contribution is 0.0617. The van der Waals surface area contributed by atoms with E-state index in [1.54, 1.807) is 5.56 Å². The van der Waals surface area contributed by atoms with Gasteiger partial charge in [-0.1, -0.05) is 24.5 Å². The minimum atomic E-state index is -0.305. The van der Waals surface area contributed by atoms with Gasteiger partial charge in [-0.25, -0.2) is 0 Å². The molecule has 164 valence electrons. The van der Waals surface area contributed by atoms with Gasteiger partial charge in [0.25, 0.3) is 0 Å². The molecule has 0 bridgehead atoms. The van der Waals surface area contributed by atoms with E-state index in [9.17, 15) is 5.11 Å². The Labute approximate surface area is 181 Å². The lowest BCUT2D eigenvalue weighted by Gasteiger charge is -2.40. The van der Waals surface area contributed by atoms with Crippen molar-refractivity contribution in [3.8, 4) is 0 Å². The fourth-order valence-electron chi connectivity index (χ4n) is 6.03. The van der Waals surface area contributed by atoms with Crippen LogP contribution in [-0.2, 0) is 13.0 Å². The van der Waals surface area contributed by atoms with Gasteiger partial charge in [0.1, 0.15) is 0 Å². The van der Waals surface area contributed by atoms with E-state index >= 15 is 0 Å². The molecule has 1 fully saturated rings. The van der Waals surface area contributed by atoms with Gasteiger partial charge in [-0.05, 0) is 69.8 Å². The molecule has 1 aromatic carbocycles. The average Bonchev–Trinajstić information content (AvgIpc) is 2.90. The van der Waals surface area contributed by atoms with Crippen LogP contribution in [0.1, 0.15) is 61.4 Å². The standard InChI is InChI=1S/C25H38N4O/c1-19-9-10-23-22(15-19)21-7-6-8-24-25(21)29(23)14-13-28(24)17-20(30)16-26-18-27-11-4-2-3-5-12-27/h9-10,15,20,24,26,30H,2-8,11-14,16-18H2,1H3/t20-,24-/m1/s1. The second-order valence-electron chi connectivity index (χ2n) is 9.74. The van der Waals surface area contributed by atoms with E-state index in [0.29, 0.717) is 12.6 Å². The van der Waals surface area contributed by atoms with Crippen molar-refractivity contribution >= 4 is 10.9 Å². The molecular formula is C25H38N4O. The molecule has 0 radical (unpaired) electrons. The normalized spacial score (nSPS) is 24.0. The second kappa shape index (κ2) is 8.99. The first-order valence-corrected chi connectivity index (χ1v) is 12.2. The molecule has 2 aromatic rings. The smallest absolute Gasteiger partial charge is 0.0791 e. The number of aromatic nitrogens is 1. The zero-order valence-corrected chi connectivity index (χ0v) is 18.6. The number of hydrogen-bond donors (Lipinski definition) is 2. The third kappa shape index (κ3) is 4.05. The van der Waals surface area contributed by atoms with Gasteiger partial charge in [-0.2, -0.15) is 0 Å². The summed E-state index contributed by atoms with van der Waals surface area (Å²) in [6.45, 7) is 9.06. The summed E-state index contributed by atoms with van der Waals surface area (Å²) in [5.74, 6) is 0. The number of likely N-dealkylation sites (tertiary alicyclic amines) is 1. The third-order valence-corrected chi connectivity index (χ3v) is 7.50. The molecule has 1 aliphatic carbocycles. The van der Waals surface area contributed by atoms with Crippen molar-refractivity contribution in [2.24, 2.45) is 0 Å².